The zero-order valence-corrected chi connectivity index (χ0v) is 18.3. The van der Waals surface area contributed by atoms with Gasteiger partial charge in [-0.3, -0.25) is 9.79 Å². The first kappa shape index (κ1) is 23.1. The molecule has 0 aliphatic carbocycles. The van der Waals surface area contributed by atoms with Gasteiger partial charge in [0.05, 0.1) is 13.0 Å². The van der Waals surface area contributed by atoms with Gasteiger partial charge in [0.2, 0.25) is 0 Å². The Kier molecular flexibility index (Phi) is 10.6. The Bertz CT molecular complexity index is 647. The lowest BCUT2D eigenvalue weighted by atomic mass is 9.97. The van der Waals surface area contributed by atoms with Gasteiger partial charge in [0.15, 0.2) is 5.96 Å². The maximum absolute atomic E-state index is 11.6. The van der Waals surface area contributed by atoms with Crippen molar-refractivity contribution in [3.05, 3.63) is 29.8 Å². The zero-order valence-electron chi connectivity index (χ0n) is 15.9. The average molecular weight is 485 g/mol. The molecule has 0 amide bonds. The number of carbonyl (C=O) groups is 1. The van der Waals surface area contributed by atoms with Crippen LogP contribution in [0.25, 0.3) is 0 Å². The van der Waals surface area contributed by atoms with Gasteiger partial charge in [-0.05, 0) is 37.0 Å². The van der Waals surface area contributed by atoms with Gasteiger partial charge in [0.25, 0.3) is 0 Å². The van der Waals surface area contributed by atoms with Crippen LogP contribution in [-0.2, 0) is 16.0 Å². The van der Waals surface area contributed by atoms with Crippen molar-refractivity contribution in [2.75, 3.05) is 40.4 Å². The number of likely N-dealkylation sites (tertiary alicyclic amines) is 1. The Hall–Kier alpha value is -1.95. The fourth-order valence-electron chi connectivity index (χ4n) is 3.02. The lowest BCUT2D eigenvalue weighted by Gasteiger charge is -2.33. The van der Waals surface area contributed by atoms with E-state index in [1.165, 1.54) is 12.7 Å². The van der Waals surface area contributed by atoms with Crippen molar-refractivity contribution in [1.82, 2.24) is 10.2 Å². The second kappa shape index (κ2) is 12.4. The van der Waals surface area contributed by atoms with Crippen LogP contribution in [-0.4, -0.2) is 57.2 Å². The van der Waals surface area contributed by atoms with Crippen LogP contribution >= 0.6 is 24.0 Å². The van der Waals surface area contributed by atoms with Gasteiger partial charge < -0.3 is 19.7 Å². The number of ether oxygens (including phenoxy) is 2. The first-order valence-electron chi connectivity index (χ1n) is 8.86. The van der Waals surface area contributed by atoms with Crippen molar-refractivity contribution in [2.45, 2.75) is 19.3 Å². The highest BCUT2D eigenvalue weighted by molar-refractivity contribution is 14.0. The van der Waals surface area contributed by atoms with E-state index < -0.39 is 0 Å². The number of guanidine groups is 1. The molecule has 1 N–H and O–H groups in total. The lowest BCUT2D eigenvalue weighted by molar-refractivity contribution is -0.146. The summed E-state index contributed by atoms with van der Waals surface area (Å²) in [4.78, 5) is 18.2. The fraction of sp³-hybridized carbons (Fsp3) is 0.500. The molecule has 0 bridgehead atoms. The van der Waals surface area contributed by atoms with Crippen LogP contribution < -0.4 is 10.1 Å². The molecule has 0 atom stereocenters. The number of terminal acetylenes is 1. The molecule has 0 radical (unpaired) electrons. The normalized spacial score (nSPS) is 14.7. The second-order valence-electron chi connectivity index (χ2n) is 6.15. The molecule has 7 heteroatoms. The molecule has 0 spiro atoms. The van der Waals surface area contributed by atoms with Crippen LogP contribution in [0.1, 0.15) is 18.4 Å². The van der Waals surface area contributed by atoms with Crippen LogP contribution in [0.2, 0.25) is 0 Å². The number of aliphatic imine (C=N–C) groups is 1. The van der Waals surface area contributed by atoms with Crippen molar-refractivity contribution >= 4 is 35.9 Å². The third-order valence-electron chi connectivity index (χ3n) is 4.48. The van der Waals surface area contributed by atoms with Crippen molar-refractivity contribution in [2.24, 2.45) is 10.9 Å². The molecular weight excluding hydrogens is 457 g/mol. The van der Waals surface area contributed by atoms with E-state index in [-0.39, 0.29) is 42.5 Å². The van der Waals surface area contributed by atoms with E-state index in [4.69, 9.17) is 15.9 Å². The Balaban J connectivity index is 0.00000364. The van der Waals surface area contributed by atoms with Gasteiger partial charge in [-0.15, -0.1) is 30.4 Å². The van der Waals surface area contributed by atoms with Gasteiger partial charge in [0.1, 0.15) is 12.4 Å². The summed E-state index contributed by atoms with van der Waals surface area (Å²) in [6.07, 6.45) is 7.66. The summed E-state index contributed by atoms with van der Waals surface area (Å²) in [7, 11) is 3.23. The molecule has 0 saturated carbocycles. The van der Waals surface area contributed by atoms with E-state index in [9.17, 15) is 4.79 Å². The Morgan fingerprint density at radius 1 is 1.33 bits per heavy atom. The van der Waals surface area contributed by atoms with Crippen LogP contribution in [0.15, 0.2) is 29.3 Å². The molecule has 6 nitrogen and oxygen atoms in total. The Labute approximate surface area is 178 Å². The molecule has 1 aliphatic heterocycles. The average Bonchev–Trinajstić information content (AvgIpc) is 2.70. The third-order valence-corrected chi connectivity index (χ3v) is 4.48. The maximum Gasteiger partial charge on any atom is 0.308 e. The van der Waals surface area contributed by atoms with E-state index >= 15 is 0 Å². The number of rotatable bonds is 6. The lowest BCUT2D eigenvalue weighted by Crippen LogP contribution is -2.47. The largest absolute Gasteiger partial charge is 0.481 e. The number of halogens is 1. The van der Waals surface area contributed by atoms with Crippen molar-refractivity contribution < 1.29 is 14.3 Å². The summed E-state index contributed by atoms with van der Waals surface area (Å²) in [5, 5.41) is 3.40. The maximum atomic E-state index is 11.6. The highest BCUT2D eigenvalue weighted by atomic mass is 127. The van der Waals surface area contributed by atoms with Gasteiger partial charge in [0, 0.05) is 26.7 Å². The molecule has 0 unspecified atom stereocenters. The first-order valence-corrected chi connectivity index (χ1v) is 8.86. The van der Waals surface area contributed by atoms with Crippen LogP contribution in [0.4, 0.5) is 0 Å². The monoisotopic (exact) mass is 485 g/mol. The van der Waals surface area contributed by atoms with Crippen molar-refractivity contribution in [3.8, 4) is 18.1 Å². The van der Waals surface area contributed by atoms with E-state index in [0.29, 0.717) is 0 Å². The van der Waals surface area contributed by atoms with E-state index in [0.717, 1.165) is 50.6 Å². The van der Waals surface area contributed by atoms with Gasteiger partial charge >= 0.3 is 5.97 Å². The molecular formula is C20H28IN3O3. The number of esters is 1. The van der Waals surface area contributed by atoms with Crippen molar-refractivity contribution in [3.63, 3.8) is 0 Å². The molecule has 1 aromatic carbocycles. The van der Waals surface area contributed by atoms with Crippen molar-refractivity contribution in [1.29, 1.82) is 0 Å². The Morgan fingerprint density at radius 3 is 2.56 bits per heavy atom. The quantitative estimate of drug-likeness (QED) is 0.220. The van der Waals surface area contributed by atoms with E-state index in [1.807, 2.05) is 24.3 Å². The van der Waals surface area contributed by atoms with Crippen LogP contribution in [0.3, 0.4) is 0 Å². The Morgan fingerprint density at radius 2 is 2.00 bits per heavy atom. The second-order valence-corrected chi connectivity index (χ2v) is 6.15. The number of benzene rings is 1. The predicted molar refractivity (Wildman–Crippen MR) is 118 cm³/mol. The SMILES string of the molecule is C#CCOc1ccc(CCNC(=NC)N2CCC(C(=O)OC)CC2)cc1.I. The number of piperidine rings is 1. The highest BCUT2D eigenvalue weighted by Gasteiger charge is 2.26. The summed E-state index contributed by atoms with van der Waals surface area (Å²) in [5.41, 5.74) is 1.21. The fourth-order valence-corrected chi connectivity index (χ4v) is 3.02. The summed E-state index contributed by atoms with van der Waals surface area (Å²) < 4.78 is 10.2. The molecule has 2 rings (SSSR count). The number of methoxy groups -OCH3 is 1. The summed E-state index contributed by atoms with van der Waals surface area (Å²) in [6, 6.07) is 7.94. The molecule has 0 aromatic heterocycles. The highest BCUT2D eigenvalue weighted by Crippen LogP contribution is 2.18. The molecule has 1 aromatic rings. The van der Waals surface area contributed by atoms with Gasteiger partial charge in [-0.2, -0.15) is 0 Å². The molecule has 27 heavy (non-hydrogen) atoms. The summed E-state index contributed by atoms with van der Waals surface area (Å²) in [5.74, 6) is 4.01. The molecule has 148 valence electrons. The molecule has 1 aliphatic rings. The van der Waals surface area contributed by atoms with Crippen LogP contribution in [0.5, 0.6) is 5.75 Å². The number of nitrogens with zero attached hydrogens (tertiary/aromatic N) is 2. The minimum Gasteiger partial charge on any atom is -0.481 e. The summed E-state index contributed by atoms with van der Waals surface area (Å²) >= 11 is 0. The van der Waals surface area contributed by atoms with E-state index in [1.54, 1.807) is 7.05 Å². The van der Waals surface area contributed by atoms with E-state index in [2.05, 4.69) is 21.1 Å². The number of carbonyl (C=O) groups excluding carboxylic acids is 1. The predicted octanol–water partition coefficient (Wildman–Crippen LogP) is 2.32. The number of hydrogen-bond donors (Lipinski definition) is 1. The first-order chi connectivity index (χ1) is 12.7. The minimum absolute atomic E-state index is 0. The molecule has 1 fully saturated rings. The van der Waals surface area contributed by atoms with Gasteiger partial charge in [-0.25, -0.2) is 0 Å². The van der Waals surface area contributed by atoms with Gasteiger partial charge in [-0.1, -0.05) is 18.1 Å². The standard InChI is InChI=1S/C20H27N3O3.HI/c1-4-15-26-18-7-5-16(6-8-18)9-12-22-20(21-2)23-13-10-17(11-14-23)19(24)25-3;/h1,5-8,17H,9-15H2,2-3H3,(H,21,22);1H. The number of nitrogens with one attached hydrogen (secondary N) is 1. The smallest absolute Gasteiger partial charge is 0.308 e. The molecule has 1 heterocycles. The van der Waals surface area contributed by atoms with Crippen LogP contribution in [0, 0.1) is 18.3 Å². The summed E-state index contributed by atoms with van der Waals surface area (Å²) in [6.45, 7) is 2.68. The minimum atomic E-state index is -0.109. The third kappa shape index (κ3) is 7.29. The zero-order chi connectivity index (χ0) is 18.8. The topological polar surface area (TPSA) is 63.2 Å². The number of hydrogen-bond acceptors (Lipinski definition) is 4. The molecule has 1 saturated heterocycles.